The van der Waals surface area contributed by atoms with Gasteiger partial charge in [-0.2, -0.15) is 0 Å². The van der Waals surface area contributed by atoms with Crippen LogP contribution >= 0.6 is 0 Å². The number of ketones is 1. The van der Waals surface area contributed by atoms with Gasteiger partial charge < -0.3 is 9.15 Å². The van der Waals surface area contributed by atoms with Gasteiger partial charge in [-0.25, -0.2) is 4.79 Å². The molecule has 4 heteroatoms. The number of ether oxygens (including phenoxy) is 1. The van der Waals surface area contributed by atoms with Gasteiger partial charge >= 0.3 is 5.97 Å². The highest BCUT2D eigenvalue weighted by Gasteiger charge is 2.14. The van der Waals surface area contributed by atoms with Gasteiger partial charge in [0.25, 0.3) is 0 Å². The highest BCUT2D eigenvalue weighted by Crippen LogP contribution is 2.08. The Balaban J connectivity index is 1.92. The number of carbonyl (C=O) groups excluding carboxylic acids is 2. The molecule has 18 heavy (non-hydrogen) atoms. The number of hydrogen-bond donors (Lipinski definition) is 0. The molecule has 0 aliphatic rings. The van der Waals surface area contributed by atoms with E-state index in [-0.39, 0.29) is 18.2 Å². The molecule has 4 nitrogen and oxygen atoms in total. The first kappa shape index (κ1) is 12.1. The van der Waals surface area contributed by atoms with Crippen LogP contribution in [0.2, 0.25) is 0 Å². The Hall–Kier alpha value is -2.36. The van der Waals surface area contributed by atoms with Gasteiger partial charge in [-0.15, -0.1) is 0 Å². The number of hydrogen-bond acceptors (Lipinski definition) is 4. The minimum Gasteiger partial charge on any atom is -0.454 e. The van der Waals surface area contributed by atoms with E-state index in [1.54, 1.807) is 37.3 Å². The summed E-state index contributed by atoms with van der Waals surface area (Å²) in [6.07, 6.45) is 0. The Morgan fingerprint density at radius 1 is 1.11 bits per heavy atom. The van der Waals surface area contributed by atoms with Crippen LogP contribution in [-0.4, -0.2) is 18.4 Å². The van der Waals surface area contributed by atoms with Crippen molar-refractivity contribution in [2.45, 2.75) is 6.92 Å². The van der Waals surface area contributed by atoms with Crippen LogP contribution in [0.4, 0.5) is 0 Å². The summed E-state index contributed by atoms with van der Waals surface area (Å²) in [5, 5.41) is 0. The van der Waals surface area contributed by atoms with E-state index in [1.807, 2.05) is 6.07 Å². The van der Waals surface area contributed by atoms with E-state index in [0.29, 0.717) is 11.3 Å². The fourth-order valence-corrected chi connectivity index (χ4v) is 1.45. The Labute approximate surface area is 104 Å². The molecule has 0 bridgehead atoms. The van der Waals surface area contributed by atoms with Gasteiger partial charge in [-0.3, -0.25) is 4.79 Å². The van der Waals surface area contributed by atoms with Crippen LogP contribution in [0.15, 0.2) is 46.9 Å². The standard InChI is InChI=1S/C14H12O4/c1-10-7-8-13(18-10)14(16)17-9-12(15)11-5-3-2-4-6-11/h2-8H,9H2,1H3. The molecule has 0 N–H and O–H groups in total. The number of rotatable bonds is 4. The van der Waals surface area contributed by atoms with Crippen LogP contribution in [-0.2, 0) is 4.74 Å². The SMILES string of the molecule is Cc1ccc(C(=O)OCC(=O)c2ccccc2)o1. The Morgan fingerprint density at radius 3 is 2.44 bits per heavy atom. The fourth-order valence-electron chi connectivity index (χ4n) is 1.45. The zero-order valence-corrected chi connectivity index (χ0v) is 9.88. The lowest BCUT2D eigenvalue weighted by atomic mass is 10.1. The molecule has 0 aliphatic heterocycles. The van der Waals surface area contributed by atoms with Crippen molar-refractivity contribution in [3.8, 4) is 0 Å². The molecule has 0 saturated carbocycles. The van der Waals surface area contributed by atoms with Gasteiger partial charge in [0, 0.05) is 5.56 Å². The normalized spacial score (nSPS) is 10.1. The van der Waals surface area contributed by atoms with Crippen molar-refractivity contribution in [1.82, 2.24) is 0 Å². The number of carbonyl (C=O) groups is 2. The first-order valence-corrected chi connectivity index (χ1v) is 5.48. The van der Waals surface area contributed by atoms with Crippen molar-refractivity contribution in [1.29, 1.82) is 0 Å². The van der Waals surface area contributed by atoms with Gasteiger partial charge in [0.1, 0.15) is 5.76 Å². The second-order valence-electron chi connectivity index (χ2n) is 3.78. The Morgan fingerprint density at radius 2 is 1.83 bits per heavy atom. The molecule has 0 spiro atoms. The fraction of sp³-hybridized carbons (Fsp3) is 0.143. The average Bonchev–Trinajstić information content (AvgIpc) is 2.83. The van der Waals surface area contributed by atoms with E-state index in [9.17, 15) is 9.59 Å². The van der Waals surface area contributed by atoms with Crippen LogP contribution in [0.5, 0.6) is 0 Å². The van der Waals surface area contributed by atoms with Crippen LogP contribution in [0.25, 0.3) is 0 Å². The summed E-state index contributed by atoms with van der Waals surface area (Å²) in [4.78, 5) is 23.2. The highest BCUT2D eigenvalue weighted by atomic mass is 16.5. The molecule has 0 amide bonds. The van der Waals surface area contributed by atoms with Crippen molar-refractivity contribution < 1.29 is 18.7 Å². The maximum atomic E-state index is 11.7. The number of esters is 1. The van der Waals surface area contributed by atoms with Gasteiger partial charge in [0.15, 0.2) is 12.4 Å². The van der Waals surface area contributed by atoms with Crippen LogP contribution < -0.4 is 0 Å². The number of furan rings is 1. The molecule has 2 rings (SSSR count). The second-order valence-corrected chi connectivity index (χ2v) is 3.78. The summed E-state index contributed by atoms with van der Waals surface area (Å²) in [5.41, 5.74) is 0.515. The molecule has 0 unspecified atom stereocenters. The molecule has 0 radical (unpaired) electrons. The Bertz CT molecular complexity index is 554. The number of aryl methyl sites for hydroxylation is 1. The minimum atomic E-state index is -0.632. The molecule has 0 saturated heterocycles. The van der Waals surface area contributed by atoms with Crippen LogP contribution in [0, 0.1) is 6.92 Å². The number of Topliss-reactive ketones (excluding diaryl/α,β-unsaturated/α-hetero) is 1. The maximum Gasteiger partial charge on any atom is 0.374 e. The van der Waals surface area contributed by atoms with Crippen molar-refractivity contribution >= 4 is 11.8 Å². The van der Waals surface area contributed by atoms with Crippen molar-refractivity contribution in [2.24, 2.45) is 0 Å². The summed E-state index contributed by atoms with van der Waals surface area (Å²) < 4.78 is 9.97. The van der Waals surface area contributed by atoms with Crippen LogP contribution in [0.1, 0.15) is 26.7 Å². The molecule has 1 heterocycles. The molecule has 0 atom stereocenters. The smallest absolute Gasteiger partial charge is 0.374 e. The third-order valence-corrected chi connectivity index (χ3v) is 2.37. The molecule has 92 valence electrons. The topological polar surface area (TPSA) is 56.5 Å². The summed E-state index contributed by atoms with van der Waals surface area (Å²) in [7, 11) is 0. The predicted octanol–water partition coefficient (Wildman–Crippen LogP) is 2.63. The largest absolute Gasteiger partial charge is 0.454 e. The first-order chi connectivity index (χ1) is 8.66. The van der Waals surface area contributed by atoms with E-state index in [1.165, 1.54) is 6.07 Å². The van der Waals surface area contributed by atoms with E-state index in [4.69, 9.17) is 9.15 Å². The molecule has 1 aromatic heterocycles. The molecule has 2 aromatic rings. The lowest BCUT2D eigenvalue weighted by Gasteiger charge is -2.02. The summed E-state index contributed by atoms with van der Waals surface area (Å²) in [5.74, 6) is -0.149. The lowest BCUT2D eigenvalue weighted by Crippen LogP contribution is -2.13. The van der Waals surface area contributed by atoms with Gasteiger partial charge in [0.2, 0.25) is 5.76 Å². The van der Waals surface area contributed by atoms with Crippen molar-refractivity contribution in [3.05, 3.63) is 59.5 Å². The zero-order valence-electron chi connectivity index (χ0n) is 9.88. The number of benzene rings is 1. The first-order valence-electron chi connectivity index (χ1n) is 5.48. The third kappa shape index (κ3) is 2.85. The third-order valence-electron chi connectivity index (χ3n) is 2.37. The molecular weight excluding hydrogens is 232 g/mol. The van der Waals surface area contributed by atoms with Crippen LogP contribution in [0.3, 0.4) is 0 Å². The van der Waals surface area contributed by atoms with E-state index < -0.39 is 5.97 Å². The summed E-state index contributed by atoms with van der Waals surface area (Å²) >= 11 is 0. The summed E-state index contributed by atoms with van der Waals surface area (Å²) in [6, 6.07) is 11.9. The lowest BCUT2D eigenvalue weighted by molar-refractivity contribution is 0.0443. The van der Waals surface area contributed by atoms with E-state index in [2.05, 4.69) is 0 Å². The van der Waals surface area contributed by atoms with Crippen molar-refractivity contribution in [3.63, 3.8) is 0 Å². The van der Waals surface area contributed by atoms with Gasteiger partial charge in [-0.1, -0.05) is 30.3 Å². The molecule has 0 aliphatic carbocycles. The van der Waals surface area contributed by atoms with E-state index >= 15 is 0 Å². The maximum absolute atomic E-state index is 11.7. The minimum absolute atomic E-state index is 0.105. The molecule has 1 aromatic carbocycles. The average molecular weight is 244 g/mol. The van der Waals surface area contributed by atoms with Crippen molar-refractivity contribution in [2.75, 3.05) is 6.61 Å². The quantitative estimate of drug-likeness (QED) is 0.612. The molecular formula is C14H12O4. The second kappa shape index (κ2) is 5.31. The predicted molar refractivity (Wildman–Crippen MR) is 64.5 cm³/mol. The molecule has 0 fully saturated rings. The highest BCUT2D eigenvalue weighted by molar-refractivity contribution is 5.98. The van der Waals surface area contributed by atoms with Gasteiger partial charge in [0.05, 0.1) is 0 Å². The Kier molecular flexibility index (Phi) is 3.57. The van der Waals surface area contributed by atoms with Gasteiger partial charge in [-0.05, 0) is 19.1 Å². The monoisotopic (exact) mass is 244 g/mol. The van der Waals surface area contributed by atoms with E-state index in [0.717, 1.165) is 0 Å². The zero-order chi connectivity index (χ0) is 13.0. The summed E-state index contributed by atoms with van der Waals surface area (Å²) in [6.45, 7) is 1.44.